The lowest BCUT2D eigenvalue weighted by molar-refractivity contribution is -0.118. The zero-order valence-electron chi connectivity index (χ0n) is 16.6. The van der Waals surface area contributed by atoms with Gasteiger partial charge >= 0.3 is 0 Å². The zero-order valence-corrected chi connectivity index (χ0v) is 16.6. The Hall–Kier alpha value is -2.85. The molecule has 0 aliphatic carbocycles. The van der Waals surface area contributed by atoms with E-state index in [4.69, 9.17) is 0 Å². The highest BCUT2D eigenvalue weighted by Crippen LogP contribution is 2.32. The Kier molecular flexibility index (Phi) is 5.31. The van der Waals surface area contributed by atoms with Gasteiger partial charge in [0.05, 0.1) is 12.6 Å². The molecule has 2 aromatic carbocycles. The summed E-state index contributed by atoms with van der Waals surface area (Å²) < 4.78 is 2.29. The van der Waals surface area contributed by atoms with Crippen molar-refractivity contribution in [3.63, 3.8) is 0 Å². The fraction of sp³-hybridized carbons (Fsp3) is 0.292. The van der Waals surface area contributed by atoms with E-state index >= 15 is 0 Å². The highest BCUT2D eigenvalue weighted by molar-refractivity contribution is 5.93. The number of rotatable bonds is 5. The van der Waals surface area contributed by atoms with Gasteiger partial charge in [-0.1, -0.05) is 55.5 Å². The number of anilines is 1. The predicted molar refractivity (Wildman–Crippen MR) is 113 cm³/mol. The molecule has 144 valence electrons. The summed E-state index contributed by atoms with van der Waals surface area (Å²) in [5.74, 6) is 0.0462. The number of benzene rings is 2. The molecule has 1 aromatic heterocycles. The summed E-state index contributed by atoms with van der Waals surface area (Å²) >= 11 is 0. The first-order valence-corrected chi connectivity index (χ1v) is 9.99. The van der Waals surface area contributed by atoms with Crippen LogP contribution in [0.5, 0.6) is 0 Å². The fourth-order valence-electron chi connectivity index (χ4n) is 4.18. The van der Waals surface area contributed by atoms with E-state index in [1.165, 1.54) is 16.8 Å². The van der Waals surface area contributed by atoms with Crippen LogP contribution in [-0.4, -0.2) is 28.5 Å². The fourth-order valence-corrected chi connectivity index (χ4v) is 4.18. The number of fused-ring (bicyclic) bond motifs is 1. The average molecular weight is 374 g/mol. The van der Waals surface area contributed by atoms with Crippen LogP contribution in [0, 0.1) is 6.92 Å². The molecule has 3 aromatic rings. The molecule has 1 aliphatic rings. The SMILES string of the molecule is CCc1cccc(C)c1NC(=O)CN1CCn2cccc2C1c1ccccc1. The predicted octanol–water partition coefficient (Wildman–Crippen LogP) is 4.40. The van der Waals surface area contributed by atoms with E-state index in [9.17, 15) is 4.79 Å². The van der Waals surface area contributed by atoms with Gasteiger partial charge in [-0.25, -0.2) is 0 Å². The second kappa shape index (κ2) is 8.03. The number of nitrogens with one attached hydrogen (secondary N) is 1. The minimum absolute atomic E-state index is 0.0462. The highest BCUT2D eigenvalue weighted by Gasteiger charge is 2.30. The van der Waals surface area contributed by atoms with Gasteiger partial charge in [0, 0.05) is 30.7 Å². The van der Waals surface area contributed by atoms with E-state index in [1.807, 2.05) is 12.1 Å². The van der Waals surface area contributed by atoms with E-state index in [0.717, 1.165) is 30.8 Å². The molecule has 4 nitrogen and oxygen atoms in total. The van der Waals surface area contributed by atoms with Gasteiger partial charge in [-0.2, -0.15) is 0 Å². The van der Waals surface area contributed by atoms with E-state index in [1.54, 1.807) is 0 Å². The standard InChI is InChI=1S/C24H27N3O/c1-3-19-12-7-9-18(2)23(19)25-22(28)17-27-16-15-26-14-8-13-21(26)24(27)20-10-5-4-6-11-20/h4-14,24H,3,15-17H2,1-2H3,(H,25,28). The van der Waals surface area contributed by atoms with Crippen molar-refractivity contribution in [2.24, 2.45) is 0 Å². The summed E-state index contributed by atoms with van der Waals surface area (Å²) in [4.78, 5) is 15.3. The molecular weight excluding hydrogens is 346 g/mol. The summed E-state index contributed by atoms with van der Waals surface area (Å²) in [5, 5.41) is 3.18. The number of carbonyl (C=O) groups excluding carboxylic acids is 1. The molecule has 1 unspecified atom stereocenters. The molecule has 28 heavy (non-hydrogen) atoms. The Balaban J connectivity index is 1.58. The van der Waals surface area contributed by atoms with E-state index in [2.05, 4.69) is 83.4 Å². The second-order valence-electron chi connectivity index (χ2n) is 7.42. The quantitative estimate of drug-likeness (QED) is 0.720. The molecule has 0 spiro atoms. The lowest BCUT2D eigenvalue weighted by Gasteiger charge is -2.37. The number of hydrogen-bond donors (Lipinski definition) is 1. The van der Waals surface area contributed by atoms with Crippen LogP contribution >= 0.6 is 0 Å². The number of hydrogen-bond acceptors (Lipinski definition) is 2. The number of carbonyl (C=O) groups is 1. The van der Waals surface area contributed by atoms with Crippen LogP contribution in [0.15, 0.2) is 66.9 Å². The van der Waals surface area contributed by atoms with Crippen LogP contribution in [0.1, 0.15) is 35.3 Å². The first kappa shape index (κ1) is 18.5. The summed E-state index contributed by atoms with van der Waals surface area (Å²) in [7, 11) is 0. The van der Waals surface area contributed by atoms with Crippen molar-refractivity contribution in [1.29, 1.82) is 0 Å². The monoisotopic (exact) mass is 373 g/mol. The van der Waals surface area contributed by atoms with Crippen LogP contribution in [-0.2, 0) is 17.8 Å². The summed E-state index contributed by atoms with van der Waals surface area (Å²) in [6.45, 7) is 6.30. The molecule has 0 bridgehead atoms. The second-order valence-corrected chi connectivity index (χ2v) is 7.42. The molecule has 0 fully saturated rings. The van der Waals surface area contributed by atoms with Crippen molar-refractivity contribution in [2.75, 3.05) is 18.4 Å². The van der Waals surface area contributed by atoms with Crippen LogP contribution < -0.4 is 5.32 Å². The summed E-state index contributed by atoms with van der Waals surface area (Å²) in [5.41, 5.74) is 5.72. The van der Waals surface area contributed by atoms with Gasteiger partial charge in [-0.15, -0.1) is 0 Å². The van der Waals surface area contributed by atoms with Crippen LogP contribution in [0.2, 0.25) is 0 Å². The zero-order chi connectivity index (χ0) is 19.5. The van der Waals surface area contributed by atoms with Gasteiger partial charge in [-0.05, 0) is 42.2 Å². The van der Waals surface area contributed by atoms with E-state index in [0.29, 0.717) is 6.54 Å². The van der Waals surface area contributed by atoms with Crippen LogP contribution in [0.4, 0.5) is 5.69 Å². The average Bonchev–Trinajstić information content (AvgIpc) is 3.18. The van der Waals surface area contributed by atoms with Gasteiger partial charge < -0.3 is 9.88 Å². The first-order chi connectivity index (χ1) is 13.7. The molecule has 2 heterocycles. The molecule has 4 rings (SSSR count). The van der Waals surface area contributed by atoms with Crippen molar-refractivity contribution >= 4 is 11.6 Å². The summed E-state index contributed by atoms with van der Waals surface area (Å²) in [6.07, 6.45) is 3.03. The Labute approximate surface area is 166 Å². The third-order valence-corrected chi connectivity index (χ3v) is 5.60. The highest BCUT2D eigenvalue weighted by atomic mass is 16.2. The van der Waals surface area contributed by atoms with Crippen molar-refractivity contribution in [3.05, 3.63) is 89.2 Å². The van der Waals surface area contributed by atoms with Crippen molar-refractivity contribution in [2.45, 2.75) is 32.9 Å². The Morgan fingerprint density at radius 3 is 2.64 bits per heavy atom. The molecule has 1 aliphatic heterocycles. The molecule has 4 heteroatoms. The number of para-hydroxylation sites is 1. The molecule has 1 amide bonds. The first-order valence-electron chi connectivity index (χ1n) is 9.99. The Bertz CT molecular complexity index is 961. The number of aromatic nitrogens is 1. The smallest absolute Gasteiger partial charge is 0.238 e. The van der Waals surface area contributed by atoms with Gasteiger partial charge in [0.25, 0.3) is 0 Å². The van der Waals surface area contributed by atoms with Crippen LogP contribution in [0.3, 0.4) is 0 Å². The largest absolute Gasteiger partial charge is 0.348 e. The van der Waals surface area contributed by atoms with Gasteiger partial charge in [0.15, 0.2) is 0 Å². The lowest BCUT2D eigenvalue weighted by Crippen LogP contribution is -2.42. The Morgan fingerprint density at radius 1 is 1.04 bits per heavy atom. The maximum absolute atomic E-state index is 13.0. The maximum Gasteiger partial charge on any atom is 0.238 e. The molecule has 0 radical (unpaired) electrons. The summed E-state index contributed by atoms with van der Waals surface area (Å²) in [6, 6.07) is 21.0. The normalized spacial score (nSPS) is 16.6. The van der Waals surface area contributed by atoms with Crippen molar-refractivity contribution < 1.29 is 4.79 Å². The molecule has 0 saturated heterocycles. The number of nitrogens with zero attached hydrogens (tertiary/aromatic N) is 2. The third-order valence-electron chi connectivity index (χ3n) is 5.60. The van der Waals surface area contributed by atoms with Crippen molar-refractivity contribution in [3.8, 4) is 0 Å². The number of amides is 1. The topological polar surface area (TPSA) is 37.3 Å². The molecular formula is C24H27N3O. The number of aryl methyl sites for hydroxylation is 2. The third kappa shape index (κ3) is 3.60. The van der Waals surface area contributed by atoms with Gasteiger partial charge in [0.2, 0.25) is 5.91 Å². The minimum Gasteiger partial charge on any atom is -0.348 e. The van der Waals surface area contributed by atoms with Crippen LogP contribution in [0.25, 0.3) is 0 Å². The van der Waals surface area contributed by atoms with Gasteiger partial charge in [0.1, 0.15) is 0 Å². The molecule has 1 atom stereocenters. The van der Waals surface area contributed by atoms with E-state index < -0.39 is 0 Å². The van der Waals surface area contributed by atoms with Gasteiger partial charge in [-0.3, -0.25) is 9.69 Å². The minimum atomic E-state index is 0.0462. The maximum atomic E-state index is 13.0. The molecule has 1 N–H and O–H groups in total. The Morgan fingerprint density at radius 2 is 1.86 bits per heavy atom. The molecule has 0 saturated carbocycles. The van der Waals surface area contributed by atoms with Crippen molar-refractivity contribution in [1.82, 2.24) is 9.47 Å². The van der Waals surface area contributed by atoms with E-state index in [-0.39, 0.29) is 11.9 Å². The lowest BCUT2D eigenvalue weighted by atomic mass is 10.00.